The normalized spacial score (nSPS) is 10.3. The van der Waals surface area contributed by atoms with Gasteiger partial charge in [-0.3, -0.25) is 4.79 Å². The largest absolute Gasteiger partial charge is 0.319 e. The molecular weight excluding hydrogens is 264 g/mol. The molecule has 21 heavy (non-hydrogen) atoms. The van der Waals surface area contributed by atoms with E-state index in [2.05, 4.69) is 15.4 Å². The number of nitrogens with zero attached hydrogens (tertiary/aromatic N) is 3. The maximum Gasteiger partial charge on any atom is 0.295 e. The summed E-state index contributed by atoms with van der Waals surface area (Å²) < 4.78 is 1.58. The molecule has 1 aromatic heterocycles. The van der Waals surface area contributed by atoms with Crippen LogP contribution in [-0.4, -0.2) is 20.7 Å². The van der Waals surface area contributed by atoms with Gasteiger partial charge in [-0.2, -0.15) is 0 Å². The molecule has 5 heteroatoms. The van der Waals surface area contributed by atoms with Crippen molar-refractivity contribution >= 4 is 11.6 Å². The van der Waals surface area contributed by atoms with Crippen molar-refractivity contribution in [1.29, 1.82) is 0 Å². The van der Waals surface area contributed by atoms with Gasteiger partial charge in [0.25, 0.3) is 5.91 Å². The number of para-hydroxylation sites is 2. The lowest BCUT2D eigenvalue weighted by Crippen LogP contribution is -2.15. The summed E-state index contributed by atoms with van der Waals surface area (Å²) >= 11 is 0. The Bertz CT molecular complexity index is 765. The molecule has 1 heterocycles. The van der Waals surface area contributed by atoms with Crippen molar-refractivity contribution in [1.82, 2.24) is 14.8 Å². The molecule has 0 radical (unpaired) electrons. The predicted octanol–water partition coefficient (Wildman–Crippen LogP) is 2.83. The first-order valence-corrected chi connectivity index (χ1v) is 6.58. The second kappa shape index (κ2) is 5.58. The molecule has 0 bridgehead atoms. The molecule has 0 fully saturated rings. The number of nitrogens with one attached hydrogen (secondary N) is 1. The molecule has 3 aromatic rings. The molecule has 0 saturated carbocycles. The fourth-order valence-electron chi connectivity index (χ4n) is 1.96. The summed E-state index contributed by atoms with van der Waals surface area (Å²) in [5.41, 5.74) is 2.62. The van der Waals surface area contributed by atoms with Crippen molar-refractivity contribution in [3.63, 3.8) is 0 Å². The molecule has 1 amide bonds. The van der Waals surface area contributed by atoms with Gasteiger partial charge in [0.2, 0.25) is 5.82 Å². The topological polar surface area (TPSA) is 59.8 Å². The van der Waals surface area contributed by atoms with Gasteiger partial charge in [-0.05, 0) is 30.7 Å². The van der Waals surface area contributed by atoms with E-state index in [-0.39, 0.29) is 11.7 Å². The van der Waals surface area contributed by atoms with Crippen LogP contribution in [0.4, 0.5) is 5.69 Å². The Kier molecular flexibility index (Phi) is 3.47. The maximum atomic E-state index is 12.2. The predicted molar refractivity (Wildman–Crippen MR) is 80.5 cm³/mol. The minimum atomic E-state index is -0.320. The van der Waals surface area contributed by atoms with Crippen LogP contribution in [0.1, 0.15) is 16.2 Å². The number of rotatable bonds is 3. The number of carbonyl (C=O) groups excluding carboxylic acids is 1. The van der Waals surface area contributed by atoms with Crippen LogP contribution in [0.3, 0.4) is 0 Å². The van der Waals surface area contributed by atoms with Gasteiger partial charge in [0, 0.05) is 5.69 Å². The van der Waals surface area contributed by atoms with Crippen LogP contribution < -0.4 is 5.32 Å². The summed E-state index contributed by atoms with van der Waals surface area (Å²) in [6.07, 6.45) is 1.53. The minimum Gasteiger partial charge on any atom is -0.319 e. The fourth-order valence-corrected chi connectivity index (χ4v) is 1.96. The lowest BCUT2D eigenvalue weighted by atomic mass is 10.2. The average Bonchev–Trinajstić information content (AvgIpc) is 3.00. The smallest absolute Gasteiger partial charge is 0.295 e. The molecule has 0 spiro atoms. The lowest BCUT2D eigenvalue weighted by Gasteiger charge is -2.05. The molecule has 0 aliphatic carbocycles. The SMILES string of the molecule is Cc1ccccc1NC(=O)c1ncn(-c2ccccc2)n1. The summed E-state index contributed by atoms with van der Waals surface area (Å²) in [7, 11) is 0. The van der Waals surface area contributed by atoms with Crippen molar-refractivity contribution < 1.29 is 4.79 Å². The van der Waals surface area contributed by atoms with E-state index in [1.54, 1.807) is 4.68 Å². The van der Waals surface area contributed by atoms with E-state index < -0.39 is 0 Å². The number of aryl methyl sites for hydroxylation is 1. The molecule has 0 atom stereocenters. The molecule has 3 rings (SSSR count). The summed E-state index contributed by atoms with van der Waals surface area (Å²) in [4.78, 5) is 16.2. The van der Waals surface area contributed by atoms with Gasteiger partial charge in [0.1, 0.15) is 6.33 Å². The number of hydrogen-bond donors (Lipinski definition) is 1. The van der Waals surface area contributed by atoms with Gasteiger partial charge in [-0.25, -0.2) is 9.67 Å². The zero-order valence-corrected chi connectivity index (χ0v) is 11.5. The zero-order chi connectivity index (χ0) is 14.7. The van der Waals surface area contributed by atoms with Crippen LogP contribution in [0.2, 0.25) is 0 Å². The van der Waals surface area contributed by atoms with Gasteiger partial charge < -0.3 is 5.32 Å². The first-order chi connectivity index (χ1) is 10.2. The molecule has 5 nitrogen and oxygen atoms in total. The van der Waals surface area contributed by atoms with E-state index in [1.807, 2.05) is 61.5 Å². The Morgan fingerprint density at radius 3 is 2.52 bits per heavy atom. The van der Waals surface area contributed by atoms with E-state index in [4.69, 9.17) is 0 Å². The molecule has 0 aliphatic heterocycles. The van der Waals surface area contributed by atoms with Crippen LogP contribution in [0.25, 0.3) is 5.69 Å². The van der Waals surface area contributed by atoms with Crippen molar-refractivity contribution in [2.45, 2.75) is 6.92 Å². The van der Waals surface area contributed by atoms with Crippen LogP contribution in [0.5, 0.6) is 0 Å². The van der Waals surface area contributed by atoms with Crippen molar-refractivity contribution in [2.75, 3.05) is 5.32 Å². The summed E-state index contributed by atoms with van der Waals surface area (Å²) in [6.45, 7) is 1.94. The fraction of sp³-hybridized carbons (Fsp3) is 0.0625. The van der Waals surface area contributed by atoms with Crippen molar-refractivity contribution in [3.05, 3.63) is 72.3 Å². The number of hydrogen-bond acceptors (Lipinski definition) is 3. The Balaban J connectivity index is 1.80. The molecular formula is C16H14N4O. The van der Waals surface area contributed by atoms with Gasteiger partial charge >= 0.3 is 0 Å². The quantitative estimate of drug-likeness (QED) is 0.801. The van der Waals surface area contributed by atoms with Crippen LogP contribution in [-0.2, 0) is 0 Å². The summed E-state index contributed by atoms with van der Waals surface area (Å²) in [5.74, 6) is -0.180. The molecule has 0 unspecified atom stereocenters. The number of amides is 1. The molecule has 104 valence electrons. The maximum absolute atomic E-state index is 12.2. The average molecular weight is 278 g/mol. The Morgan fingerprint density at radius 2 is 1.76 bits per heavy atom. The van der Waals surface area contributed by atoms with Crippen molar-refractivity contribution in [2.24, 2.45) is 0 Å². The monoisotopic (exact) mass is 278 g/mol. The number of benzene rings is 2. The van der Waals surface area contributed by atoms with E-state index in [9.17, 15) is 4.79 Å². The standard InChI is InChI=1S/C16H14N4O/c1-12-7-5-6-10-14(12)18-16(21)15-17-11-20(19-15)13-8-3-2-4-9-13/h2-11H,1H3,(H,18,21). The van der Waals surface area contributed by atoms with Crippen LogP contribution in [0, 0.1) is 6.92 Å². The Morgan fingerprint density at radius 1 is 1.05 bits per heavy atom. The summed E-state index contributed by atoms with van der Waals surface area (Å²) in [6, 6.07) is 17.1. The van der Waals surface area contributed by atoms with Crippen LogP contribution >= 0.6 is 0 Å². The highest BCUT2D eigenvalue weighted by molar-refractivity contribution is 6.01. The third-order valence-corrected chi connectivity index (χ3v) is 3.11. The van der Waals surface area contributed by atoms with Gasteiger partial charge in [-0.15, -0.1) is 5.10 Å². The van der Waals surface area contributed by atoms with E-state index >= 15 is 0 Å². The van der Waals surface area contributed by atoms with E-state index in [1.165, 1.54) is 6.33 Å². The van der Waals surface area contributed by atoms with E-state index in [0.29, 0.717) is 0 Å². The van der Waals surface area contributed by atoms with E-state index in [0.717, 1.165) is 16.9 Å². The van der Waals surface area contributed by atoms with Gasteiger partial charge in [0.05, 0.1) is 5.69 Å². The zero-order valence-electron chi connectivity index (χ0n) is 11.5. The third-order valence-electron chi connectivity index (χ3n) is 3.11. The minimum absolute atomic E-state index is 0.141. The lowest BCUT2D eigenvalue weighted by molar-refractivity contribution is 0.101. The summed E-state index contributed by atoms with van der Waals surface area (Å²) in [5, 5.41) is 7.01. The highest BCUT2D eigenvalue weighted by Crippen LogP contribution is 2.14. The van der Waals surface area contributed by atoms with Gasteiger partial charge in [0.15, 0.2) is 0 Å². The number of carbonyl (C=O) groups is 1. The second-order valence-corrected chi connectivity index (χ2v) is 4.62. The number of anilines is 1. The molecule has 2 aromatic carbocycles. The first kappa shape index (κ1) is 13.1. The highest BCUT2D eigenvalue weighted by Gasteiger charge is 2.13. The second-order valence-electron chi connectivity index (χ2n) is 4.62. The third kappa shape index (κ3) is 2.81. The first-order valence-electron chi connectivity index (χ1n) is 6.58. The molecule has 0 saturated heterocycles. The van der Waals surface area contributed by atoms with Gasteiger partial charge in [-0.1, -0.05) is 36.4 Å². The molecule has 0 aliphatic rings. The van der Waals surface area contributed by atoms with Crippen molar-refractivity contribution in [3.8, 4) is 5.69 Å². The Hall–Kier alpha value is -2.95. The Labute approximate surface area is 122 Å². The number of aromatic nitrogens is 3. The van der Waals surface area contributed by atoms with Crippen LogP contribution in [0.15, 0.2) is 60.9 Å². The highest BCUT2D eigenvalue weighted by atomic mass is 16.2. The molecule has 1 N–H and O–H groups in total.